The molecule has 16 heavy (non-hydrogen) atoms. The van der Waals surface area contributed by atoms with Gasteiger partial charge < -0.3 is 10.1 Å². The third-order valence-corrected chi connectivity index (χ3v) is 3.31. The minimum atomic E-state index is -0.129. The monoisotopic (exact) mass is 241 g/mol. The van der Waals surface area contributed by atoms with Gasteiger partial charge in [-0.05, 0) is 24.8 Å². The van der Waals surface area contributed by atoms with E-state index in [9.17, 15) is 4.79 Å². The summed E-state index contributed by atoms with van der Waals surface area (Å²) in [4.78, 5) is 12.5. The minimum absolute atomic E-state index is 0.129. The van der Waals surface area contributed by atoms with Gasteiger partial charge >= 0.3 is 5.97 Å². The van der Waals surface area contributed by atoms with Crippen LogP contribution in [0.1, 0.15) is 37.6 Å². The van der Waals surface area contributed by atoms with Crippen molar-refractivity contribution in [1.29, 1.82) is 0 Å². The number of esters is 1. The maximum atomic E-state index is 11.1. The van der Waals surface area contributed by atoms with Gasteiger partial charge in [0, 0.05) is 17.5 Å². The number of carbonyl (C=O) groups excluding carboxylic acids is 1. The van der Waals surface area contributed by atoms with Gasteiger partial charge in [0.2, 0.25) is 0 Å². The Hall–Kier alpha value is -0.870. The van der Waals surface area contributed by atoms with E-state index in [1.807, 2.05) is 6.92 Å². The van der Waals surface area contributed by atoms with E-state index in [4.69, 9.17) is 4.74 Å². The van der Waals surface area contributed by atoms with E-state index in [1.165, 1.54) is 4.88 Å². The maximum Gasteiger partial charge on any atom is 0.307 e. The Bertz CT molecular complexity index is 298. The fourth-order valence-electron chi connectivity index (χ4n) is 1.52. The molecule has 1 atom stereocenters. The number of ether oxygens (including phenoxy) is 1. The summed E-state index contributed by atoms with van der Waals surface area (Å²) >= 11 is 1.75. The fraction of sp³-hybridized carbons (Fsp3) is 0.583. The van der Waals surface area contributed by atoms with E-state index < -0.39 is 0 Å². The van der Waals surface area contributed by atoms with Crippen LogP contribution in [0.25, 0.3) is 0 Å². The molecule has 1 unspecified atom stereocenters. The van der Waals surface area contributed by atoms with Crippen molar-refractivity contribution in [3.8, 4) is 0 Å². The predicted octanol–water partition coefficient (Wildman–Crippen LogP) is 2.74. The molecule has 1 rings (SSSR count). The average molecular weight is 241 g/mol. The standard InChI is InChI=1S/C12H19NO2S/c1-3-10(11-6-5-9-16-11)13-8-7-12(14)15-4-2/h5-6,9-10,13H,3-4,7-8H2,1-2H3. The van der Waals surface area contributed by atoms with Crippen LogP contribution >= 0.6 is 11.3 Å². The highest BCUT2D eigenvalue weighted by atomic mass is 32.1. The first-order valence-electron chi connectivity index (χ1n) is 5.70. The molecule has 1 aromatic rings. The van der Waals surface area contributed by atoms with Gasteiger partial charge in [0.15, 0.2) is 0 Å². The van der Waals surface area contributed by atoms with E-state index in [-0.39, 0.29) is 5.97 Å². The fourth-order valence-corrected chi connectivity index (χ4v) is 2.40. The van der Waals surface area contributed by atoms with Crippen LogP contribution in [-0.4, -0.2) is 19.1 Å². The predicted molar refractivity (Wildman–Crippen MR) is 66.6 cm³/mol. The Labute approximate surface area is 101 Å². The van der Waals surface area contributed by atoms with E-state index >= 15 is 0 Å². The van der Waals surface area contributed by atoms with Gasteiger partial charge in [-0.2, -0.15) is 0 Å². The summed E-state index contributed by atoms with van der Waals surface area (Å²) in [6.07, 6.45) is 1.47. The van der Waals surface area contributed by atoms with Crippen LogP contribution in [0.4, 0.5) is 0 Å². The number of hydrogen-bond donors (Lipinski definition) is 1. The molecular weight excluding hydrogens is 222 g/mol. The van der Waals surface area contributed by atoms with Crippen molar-refractivity contribution >= 4 is 17.3 Å². The van der Waals surface area contributed by atoms with Crippen molar-refractivity contribution in [2.45, 2.75) is 32.7 Å². The smallest absolute Gasteiger partial charge is 0.307 e. The average Bonchev–Trinajstić information content (AvgIpc) is 2.78. The molecule has 90 valence electrons. The number of rotatable bonds is 7. The second-order valence-corrected chi connectivity index (χ2v) is 4.46. The van der Waals surface area contributed by atoms with E-state index in [2.05, 4.69) is 29.8 Å². The van der Waals surface area contributed by atoms with E-state index in [0.717, 1.165) is 6.42 Å². The highest BCUT2D eigenvalue weighted by Crippen LogP contribution is 2.21. The maximum absolute atomic E-state index is 11.1. The van der Waals surface area contributed by atoms with Crippen molar-refractivity contribution in [1.82, 2.24) is 5.32 Å². The molecular formula is C12H19NO2S. The van der Waals surface area contributed by atoms with Gasteiger partial charge in [-0.3, -0.25) is 4.79 Å². The van der Waals surface area contributed by atoms with Crippen molar-refractivity contribution in [2.24, 2.45) is 0 Å². The van der Waals surface area contributed by atoms with Crippen LogP contribution in [0.2, 0.25) is 0 Å². The highest BCUT2D eigenvalue weighted by Gasteiger charge is 2.10. The van der Waals surface area contributed by atoms with E-state index in [1.54, 1.807) is 11.3 Å². The number of carbonyl (C=O) groups is 1. The lowest BCUT2D eigenvalue weighted by Crippen LogP contribution is -2.23. The van der Waals surface area contributed by atoms with Crippen LogP contribution in [-0.2, 0) is 9.53 Å². The molecule has 0 saturated carbocycles. The first-order chi connectivity index (χ1) is 7.77. The molecule has 0 saturated heterocycles. The van der Waals surface area contributed by atoms with Gasteiger partial charge in [0.25, 0.3) is 0 Å². The zero-order chi connectivity index (χ0) is 11.8. The number of nitrogens with one attached hydrogen (secondary N) is 1. The van der Waals surface area contributed by atoms with Crippen LogP contribution in [0.15, 0.2) is 17.5 Å². The van der Waals surface area contributed by atoms with Crippen LogP contribution in [0.5, 0.6) is 0 Å². The lowest BCUT2D eigenvalue weighted by molar-refractivity contribution is -0.143. The van der Waals surface area contributed by atoms with Crippen LogP contribution in [0.3, 0.4) is 0 Å². The van der Waals surface area contributed by atoms with Crippen molar-refractivity contribution < 1.29 is 9.53 Å². The second-order valence-electron chi connectivity index (χ2n) is 3.49. The topological polar surface area (TPSA) is 38.3 Å². The molecule has 0 aliphatic carbocycles. The Morgan fingerprint density at radius 3 is 2.94 bits per heavy atom. The summed E-state index contributed by atoms with van der Waals surface area (Å²) in [5.74, 6) is -0.129. The van der Waals surface area contributed by atoms with Crippen molar-refractivity contribution in [3.05, 3.63) is 22.4 Å². The molecule has 0 radical (unpaired) electrons. The quantitative estimate of drug-likeness (QED) is 0.746. The summed E-state index contributed by atoms with van der Waals surface area (Å²) in [6, 6.07) is 4.53. The molecule has 0 amide bonds. The summed E-state index contributed by atoms with van der Waals surface area (Å²) in [6.45, 7) is 5.10. The summed E-state index contributed by atoms with van der Waals surface area (Å²) in [5, 5.41) is 5.45. The second kappa shape index (κ2) is 7.41. The molecule has 1 aromatic heterocycles. The number of thiophene rings is 1. The molecule has 1 N–H and O–H groups in total. The van der Waals surface area contributed by atoms with E-state index in [0.29, 0.717) is 25.6 Å². The molecule has 0 fully saturated rings. The number of hydrogen-bond acceptors (Lipinski definition) is 4. The molecule has 1 heterocycles. The third-order valence-electron chi connectivity index (χ3n) is 2.32. The SMILES string of the molecule is CCOC(=O)CCNC(CC)c1cccs1. The lowest BCUT2D eigenvalue weighted by atomic mass is 10.2. The van der Waals surface area contributed by atoms with Crippen molar-refractivity contribution in [3.63, 3.8) is 0 Å². The van der Waals surface area contributed by atoms with Crippen LogP contribution in [0, 0.1) is 0 Å². The van der Waals surface area contributed by atoms with Crippen LogP contribution < -0.4 is 5.32 Å². The highest BCUT2D eigenvalue weighted by molar-refractivity contribution is 7.10. The zero-order valence-corrected chi connectivity index (χ0v) is 10.7. The lowest BCUT2D eigenvalue weighted by Gasteiger charge is -2.14. The van der Waals surface area contributed by atoms with Crippen molar-refractivity contribution in [2.75, 3.05) is 13.2 Å². The molecule has 0 bridgehead atoms. The largest absolute Gasteiger partial charge is 0.466 e. The summed E-state index contributed by atoms with van der Waals surface area (Å²) < 4.78 is 4.87. The Kier molecular flexibility index (Phi) is 6.11. The molecule has 4 heteroatoms. The van der Waals surface area contributed by atoms with Gasteiger partial charge in [-0.1, -0.05) is 13.0 Å². The summed E-state index contributed by atoms with van der Waals surface area (Å²) in [7, 11) is 0. The molecule has 0 aromatic carbocycles. The summed E-state index contributed by atoms with van der Waals surface area (Å²) in [5.41, 5.74) is 0. The van der Waals surface area contributed by atoms with Gasteiger partial charge in [-0.25, -0.2) is 0 Å². The Morgan fingerprint density at radius 1 is 1.56 bits per heavy atom. The zero-order valence-electron chi connectivity index (χ0n) is 9.86. The molecule has 0 aliphatic heterocycles. The Morgan fingerprint density at radius 2 is 2.38 bits per heavy atom. The first kappa shape index (κ1) is 13.2. The van der Waals surface area contributed by atoms with Gasteiger partial charge in [0.1, 0.15) is 0 Å². The normalized spacial score (nSPS) is 12.4. The Balaban J connectivity index is 2.27. The minimum Gasteiger partial charge on any atom is -0.466 e. The molecule has 0 aliphatic rings. The molecule has 3 nitrogen and oxygen atoms in total. The van der Waals surface area contributed by atoms with Gasteiger partial charge in [-0.15, -0.1) is 11.3 Å². The first-order valence-corrected chi connectivity index (χ1v) is 6.58. The third kappa shape index (κ3) is 4.33. The van der Waals surface area contributed by atoms with Gasteiger partial charge in [0.05, 0.1) is 13.0 Å². The molecule has 0 spiro atoms.